The van der Waals surface area contributed by atoms with Gasteiger partial charge in [0.05, 0.1) is 0 Å². The minimum absolute atomic E-state index is 0.0936. The van der Waals surface area contributed by atoms with Gasteiger partial charge in [-0.05, 0) is 26.3 Å². The number of hydrogen-bond donors (Lipinski definition) is 3. The van der Waals surface area contributed by atoms with Crippen LogP contribution < -0.4 is 11.0 Å². The van der Waals surface area contributed by atoms with Gasteiger partial charge in [-0.1, -0.05) is 84.0 Å². The normalized spacial score (nSPS) is 21.6. The maximum Gasteiger partial charge on any atom is 0.351 e. The van der Waals surface area contributed by atoms with Gasteiger partial charge in [-0.2, -0.15) is 4.98 Å². The number of carbonyl (C=O) groups is 3. The van der Waals surface area contributed by atoms with E-state index in [0.29, 0.717) is 6.42 Å². The Hall–Kier alpha value is -2.43. The number of unbranched alkanes of at least 4 members (excludes halogenated alkanes) is 12. The summed E-state index contributed by atoms with van der Waals surface area (Å²) in [7, 11) is 0. The van der Waals surface area contributed by atoms with E-state index in [4.69, 9.17) is 4.74 Å². The molecule has 4 atom stereocenters. The fourth-order valence-electron chi connectivity index (χ4n) is 4.98. The Bertz CT molecular complexity index is 995. The summed E-state index contributed by atoms with van der Waals surface area (Å²) in [6.07, 6.45) is 12.9. The molecule has 1 amide bonds. The molecular formula is C29H47N3O7. The highest BCUT2D eigenvalue weighted by Crippen LogP contribution is 2.38. The molecule has 0 radical (unpaired) electrons. The van der Waals surface area contributed by atoms with E-state index in [0.717, 1.165) is 37.7 Å². The molecule has 0 bridgehead atoms. The second-order valence-electron chi connectivity index (χ2n) is 10.8. The lowest BCUT2D eigenvalue weighted by atomic mass is 9.86. The van der Waals surface area contributed by atoms with Gasteiger partial charge in [-0.25, -0.2) is 4.79 Å². The molecular weight excluding hydrogens is 502 g/mol. The number of rotatable bonds is 19. The fourth-order valence-corrected chi connectivity index (χ4v) is 4.98. The van der Waals surface area contributed by atoms with Crippen molar-refractivity contribution >= 4 is 23.3 Å². The lowest BCUT2D eigenvalue weighted by molar-refractivity contribution is -0.158. The van der Waals surface area contributed by atoms with Gasteiger partial charge in [0.2, 0.25) is 5.91 Å². The number of nitrogens with zero attached hydrogens (tertiary/aromatic N) is 2. The van der Waals surface area contributed by atoms with E-state index in [9.17, 15) is 29.4 Å². The number of aliphatic hydroxyl groups excluding tert-OH is 1. The average Bonchev–Trinajstić information content (AvgIpc) is 3.24. The molecule has 1 aliphatic heterocycles. The summed E-state index contributed by atoms with van der Waals surface area (Å²) < 4.78 is 6.63. The Morgan fingerprint density at radius 1 is 1.03 bits per heavy atom. The molecule has 0 aliphatic carbocycles. The first kappa shape index (κ1) is 32.8. The first-order valence-electron chi connectivity index (χ1n) is 14.6. The third kappa shape index (κ3) is 10.2. The highest BCUT2D eigenvalue weighted by Gasteiger charge is 2.55. The van der Waals surface area contributed by atoms with Gasteiger partial charge in [0, 0.05) is 19.0 Å². The zero-order chi connectivity index (χ0) is 28.8. The van der Waals surface area contributed by atoms with E-state index in [1.54, 1.807) is 0 Å². The molecule has 1 fully saturated rings. The van der Waals surface area contributed by atoms with E-state index >= 15 is 0 Å². The first-order chi connectivity index (χ1) is 18.6. The summed E-state index contributed by atoms with van der Waals surface area (Å²) in [6.45, 7) is 4.48. The molecule has 10 heteroatoms. The number of anilines is 1. The molecule has 1 saturated heterocycles. The van der Waals surface area contributed by atoms with Crippen LogP contribution in [0.1, 0.15) is 123 Å². The van der Waals surface area contributed by atoms with Gasteiger partial charge in [-0.15, -0.1) is 0 Å². The van der Waals surface area contributed by atoms with Gasteiger partial charge >= 0.3 is 5.69 Å². The van der Waals surface area contributed by atoms with Crippen LogP contribution >= 0.6 is 0 Å². The fraction of sp³-hybridized carbons (Fsp3) is 0.759. The summed E-state index contributed by atoms with van der Waals surface area (Å²) in [4.78, 5) is 52.5. The smallest absolute Gasteiger partial charge is 0.351 e. The first-order valence-corrected chi connectivity index (χ1v) is 14.6. The molecule has 1 aromatic rings. The number of Topliss-reactive ketones (excluding diaryl/α,β-unsaturated/α-hetero) is 2. The SMILES string of the molecule is CCCCCCCCCCCCCCCC(=O)Nc1ccn([C@H]2C[C@@](O)(C(C)=O)[C@@H](C(O)C(C)=O)O2)c(=O)n1. The summed E-state index contributed by atoms with van der Waals surface area (Å²) in [5.41, 5.74) is -2.89. The molecule has 3 N–H and O–H groups in total. The number of aliphatic hydroxyl groups is 2. The summed E-state index contributed by atoms with van der Waals surface area (Å²) in [5.74, 6) is -1.49. The van der Waals surface area contributed by atoms with Crippen LogP contribution in [0.15, 0.2) is 17.1 Å². The maximum absolute atomic E-state index is 12.6. The van der Waals surface area contributed by atoms with Gasteiger partial charge in [0.25, 0.3) is 0 Å². The molecule has 1 aliphatic rings. The Balaban J connectivity index is 1.72. The van der Waals surface area contributed by atoms with Gasteiger partial charge < -0.3 is 20.3 Å². The highest BCUT2D eigenvalue weighted by molar-refractivity contribution is 5.89. The average molecular weight is 550 g/mol. The molecule has 0 saturated carbocycles. The van der Waals surface area contributed by atoms with Crippen molar-refractivity contribution in [2.45, 2.75) is 141 Å². The zero-order valence-electron chi connectivity index (χ0n) is 23.8. The van der Waals surface area contributed by atoms with Crippen molar-refractivity contribution in [2.75, 3.05) is 5.32 Å². The Morgan fingerprint density at radius 2 is 1.56 bits per heavy atom. The second kappa shape index (κ2) is 16.6. The predicted molar refractivity (Wildman–Crippen MR) is 148 cm³/mol. The van der Waals surface area contributed by atoms with Crippen LogP contribution in [0.2, 0.25) is 0 Å². The van der Waals surface area contributed by atoms with E-state index < -0.39 is 41.3 Å². The molecule has 39 heavy (non-hydrogen) atoms. The number of hydrogen-bond acceptors (Lipinski definition) is 8. The number of ketones is 2. The van der Waals surface area contributed by atoms with Gasteiger partial charge in [-0.3, -0.25) is 19.0 Å². The van der Waals surface area contributed by atoms with Crippen LogP contribution in [0.3, 0.4) is 0 Å². The molecule has 1 unspecified atom stereocenters. The van der Waals surface area contributed by atoms with Crippen LogP contribution in [0, 0.1) is 0 Å². The third-order valence-corrected chi connectivity index (χ3v) is 7.49. The van der Waals surface area contributed by atoms with Crippen molar-refractivity contribution in [3.63, 3.8) is 0 Å². The molecule has 2 rings (SSSR count). The molecule has 10 nitrogen and oxygen atoms in total. The number of carbonyl (C=O) groups excluding carboxylic acids is 3. The predicted octanol–water partition coefficient (Wildman–Crippen LogP) is 4.22. The molecule has 1 aromatic heterocycles. The maximum atomic E-state index is 12.6. The standard InChI is InChI=1S/C29H47N3O7/c1-4-5-6-7-8-9-10-11-12-13-14-15-16-17-24(35)30-23-18-19-32(28(37)31-23)25-20-29(38,22(3)34)27(39-25)26(36)21(2)33/h18-19,25-27,36,38H,4-17,20H2,1-3H3,(H,30,31,35,37)/t25-,26?,27-,29-/m1/s1. The number of amides is 1. The van der Waals surface area contributed by atoms with Gasteiger partial charge in [0.1, 0.15) is 24.3 Å². The van der Waals surface area contributed by atoms with E-state index in [1.807, 2.05) is 0 Å². The largest absolute Gasteiger partial charge is 0.382 e. The van der Waals surface area contributed by atoms with Crippen molar-refractivity contribution < 1.29 is 29.3 Å². The van der Waals surface area contributed by atoms with Crippen molar-refractivity contribution in [1.82, 2.24) is 9.55 Å². The number of ether oxygens (including phenoxy) is 1. The van der Waals surface area contributed by atoms with Crippen molar-refractivity contribution in [1.29, 1.82) is 0 Å². The van der Waals surface area contributed by atoms with Crippen molar-refractivity contribution in [3.05, 3.63) is 22.7 Å². The van der Waals surface area contributed by atoms with Crippen LogP contribution in [-0.2, 0) is 19.1 Å². The third-order valence-electron chi connectivity index (χ3n) is 7.49. The summed E-state index contributed by atoms with van der Waals surface area (Å²) >= 11 is 0. The van der Waals surface area contributed by atoms with E-state index in [1.165, 1.54) is 76.5 Å². The molecule has 2 heterocycles. The van der Waals surface area contributed by atoms with E-state index in [-0.39, 0.29) is 18.1 Å². The monoisotopic (exact) mass is 549 g/mol. The highest BCUT2D eigenvalue weighted by atomic mass is 16.6. The van der Waals surface area contributed by atoms with Crippen LogP contribution in [-0.4, -0.2) is 55.0 Å². The van der Waals surface area contributed by atoms with Crippen molar-refractivity contribution in [2.24, 2.45) is 0 Å². The Morgan fingerprint density at radius 3 is 2.05 bits per heavy atom. The zero-order valence-corrected chi connectivity index (χ0v) is 23.8. The Labute approximate surface area is 231 Å². The molecule has 0 aromatic carbocycles. The minimum atomic E-state index is -2.13. The van der Waals surface area contributed by atoms with Gasteiger partial charge in [0.15, 0.2) is 17.2 Å². The molecule has 220 valence electrons. The lowest BCUT2D eigenvalue weighted by Crippen LogP contribution is -2.52. The van der Waals surface area contributed by atoms with Crippen LogP contribution in [0.4, 0.5) is 5.82 Å². The van der Waals surface area contributed by atoms with Crippen LogP contribution in [0.25, 0.3) is 0 Å². The summed E-state index contributed by atoms with van der Waals surface area (Å²) in [6, 6.07) is 1.42. The minimum Gasteiger partial charge on any atom is -0.382 e. The lowest BCUT2D eigenvalue weighted by Gasteiger charge is -2.27. The topological polar surface area (TPSA) is 148 Å². The number of aromatic nitrogens is 2. The molecule has 0 spiro atoms. The second-order valence-corrected chi connectivity index (χ2v) is 10.8. The number of nitrogens with one attached hydrogen (secondary N) is 1. The summed E-state index contributed by atoms with van der Waals surface area (Å²) in [5, 5.41) is 23.6. The van der Waals surface area contributed by atoms with Crippen molar-refractivity contribution in [3.8, 4) is 0 Å². The Kier molecular flexibility index (Phi) is 14.0. The van der Waals surface area contributed by atoms with Crippen LogP contribution in [0.5, 0.6) is 0 Å². The quantitative estimate of drug-likeness (QED) is 0.217. The van der Waals surface area contributed by atoms with E-state index in [2.05, 4.69) is 17.2 Å².